The molecule has 0 saturated carbocycles. The standard InChI is InChI=1S/C11H14OS/c1-8(13)9-4-5-11-10(7-9)3-2-6-12-11/h4-5,7-8,13H,2-3,6H2,1H3. The molecule has 2 heteroatoms. The van der Waals surface area contributed by atoms with E-state index in [4.69, 9.17) is 4.74 Å². The van der Waals surface area contributed by atoms with Crippen LogP contribution in [0.2, 0.25) is 0 Å². The van der Waals surface area contributed by atoms with Crippen molar-refractivity contribution in [1.29, 1.82) is 0 Å². The lowest BCUT2D eigenvalue weighted by Gasteiger charge is -2.18. The van der Waals surface area contributed by atoms with Gasteiger partial charge in [-0.15, -0.1) is 0 Å². The molecule has 0 bridgehead atoms. The Morgan fingerprint density at radius 3 is 3.08 bits per heavy atom. The SMILES string of the molecule is CC(S)c1ccc2c(c1)CCCO2. The zero-order valence-electron chi connectivity index (χ0n) is 7.79. The molecule has 0 spiro atoms. The molecule has 1 atom stereocenters. The maximum Gasteiger partial charge on any atom is 0.122 e. The van der Waals surface area contributed by atoms with Gasteiger partial charge >= 0.3 is 0 Å². The van der Waals surface area contributed by atoms with E-state index in [1.54, 1.807) is 0 Å². The van der Waals surface area contributed by atoms with Gasteiger partial charge in [0, 0.05) is 5.25 Å². The van der Waals surface area contributed by atoms with Crippen molar-refractivity contribution in [3.63, 3.8) is 0 Å². The fourth-order valence-corrected chi connectivity index (χ4v) is 1.80. The highest BCUT2D eigenvalue weighted by atomic mass is 32.1. The molecule has 2 rings (SSSR count). The molecule has 0 N–H and O–H groups in total. The van der Waals surface area contributed by atoms with Crippen molar-refractivity contribution in [3.8, 4) is 5.75 Å². The first-order chi connectivity index (χ1) is 6.27. The minimum Gasteiger partial charge on any atom is -0.493 e. The third-order valence-electron chi connectivity index (χ3n) is 2.41. The second-order valence-corrected chi connectivity index (χ2v) is 4.27. The molecule has 1 aliphatic rings. The minimum atomic E-state index is 0.312. The van der Waals surface area contributed by atoms with Gasteiger partial charge in [0.15, 0.2) is 0 Å². The quantitative estimate of drug-likeness (QED) is 0.676. The van der Waals surface area contributed by atoms with Crippen LogP contribution in [0.4, 0.5) is 0 Å². The molecule has 13 heavy (non-hydrogen) atoms. The number of aryl methyl sites for hydroxylation is 1. The van der Waals surface area contributed by atoms with Crippen molar-refractivity contribution in [2.45, 2.75) is 25.0 Å². The fourth-order valence-electron chi connectivity index (χ4n) is 1.64. The number of fused-ring (bicyclic) bond motifs is 1. The molecular weight excluding hydrogens is 180 g/mol. The first kappa shape index (κ1) is 8.95. The van der Waals surface area contributed by atoms with E-state index >= 15 is 0 Å². The summed E-state index contributed by atoms with van der Waals surface area (Å²) in [5.74, 6) is 1.06. The highest BCUT2D eigenvalue weighted by Crippen LogP contribution is 2.29. The van der Waals surface area contributed by atoms with Gasteiger partial charge in [0.25, 0.3) is 0 Å². The Morgan fingerprint density at radius 1 is 1.46 bits per heavy atom. The van der Waals surface area contributed by atoms with Gasteiger partial charge in [-0.2, -0.15) is 12.6 Å². The summed E-state index contributed by atoms with van der Waals surface area (Å²) >= 11 is 4.41. The Hall–Kier alpha value is -0.630. The van der Waals surface area contributed by atoms with E-state index in [1.807, 2.05) is 0 Å². The summed E-state index contributed by atoms with van der Waals surface area (Å²) in [6.45, 7) is 2.96. The van der Waals surface area contributed by atoms with E-state index < -0.39 is 0 Å². The molecule has 0 saturated heterocycles. The van der Waals surface area contributed by atoms with Crippen molar-refractivity contribution < 1.29 is 4.74 Å². The van der Waals surface area contributed by atoms with Gasteiger partial charge in [-0.3, -0.25) is 0 Å². The maximum atomic E-state index is 5.53. The predicted octanol–water partition coefficient (Wildman–Crippen LogP) is 3.00. The lowest BCUT2D eigenvalue weighted by molar-refractivity contribution is 0.288. The zero-order chi connectivity index (χ0) is 9.26. The van der Waals surface area contributed by atoms with Crippen LogP contribution in [0.5, 0.6) is 5.75 Å². The predicted molar refractivity (Wildman–Crippen MR) is 57.7 cm³/mol. The highest BCUT2D eigenvalue weighted by molar-refractivity contribution is 7.80. The summed E-state index contributed by atoms with van der Waals surface area (Å²) < 4.78 is 5.53. The molecule has 0 fully saturated rings. The van der Waals surface area contributed by atoms with Gasteiger partial charge in [0.1, 0.15) is 5.75 Å². The summed E-state index contributed by atoms with van der Waals surface area (Å²) in [5, 5.41) is 0.312. The lowest BCUT2D eigenvalue weighted by atomic mass is 10.0. The third-order valence-corrected chi connectivity index (χ3v) is 2.71. The molecule has 0 radical (unpaired) electrons. The Kier molecular flexibility index (Phi) is 2.49. The van der Waals surface area contributed by atoms with E-state index in [9.17, 15) is 0 Å². The lowest BCUT2D eigenvalue weighted by Crippen LogP contribution is -2.08. The van der Waals surface area contributed by atoms with Crippen LogP contribution in [-0.4, -0.2) is 6.61 Å². The van der Waals surface area contributed by atoms with Crippen LogP contribution in [0.25, 0.3) is 0 Å². The third kappa shape index (κ3) is 1.83. The van der Waals surface area contributed by atoms with Gasteiger partial charge < -0.3 is 4.74 Å². The number of hydrogen-bond donors (Lipinski definition) is 1. The average Bonchev–Trinajstić information content (AvgIpc) is 2.17. The summed E-state index contributed by atoms with van der Waals surface area (Å²) in [6.07, 6.45) is 2.28. The molecule has 0 aliphatic carbocycles. The van der Waals surface area contributed by atoms with E-state index in [0.717, 1.165) is 25.2 Å². The van der Waals surface area contributed by atoms with Gasteiger partial charge in [0.2, 0.25) is 0 Å². The molecule has 70 valence electrons. The van der Waals surface area contributed by atoms with Crippen LogP contribution in [-0.2, 0) is 6.42 Å². The molecular formula is C11H14OS. The molecule has 1 nitrogen and oxygen atoms in total. The van der Waals surface area contributed by atoms with E-state index in [1.165, 1.54) is 11.1 Å². The molecule has 1 heterocycles. The normalized spacial score (nSPS) is 17.4. The first-order valence-corrected chi connectivity index (χ1v) is 5.23. The Labute approximate surface area is 84.5 Å². The topological polar surface area (TPSA) is 9.23 Å². The monoisotopic (exact) mass is 194 g/mol. The van der Waals surface area contributed by atoms with Crippen LogP contribution in [0, 0.1) is 0 Å². The second-order valence-electron chi connectivity index (χ2n) is 3.50. The van der Waals surface area contributed by atoms with E-state index in [-0.39, 0.29) is 0 Å². The minimum absolute atomic E-state index is 0.312. The van der Waals surface area contributed by atoms with Crippen molar-refractivity contribution in [2.75, 3.05) is 6.61 Å². The van der Waals surface area contributed by atoms with Gasteiger partial charge in [-0.25, -0.2) is 0 Å². The van der Waals surface area contributed by atoms with Crippen LogP contribution in [0.3, 0.4) is 0 Å². The van der Waals surface area contributed by atoms with E-state index in [2.05, 4.69) is 37.8 Å². The average molecular weight is 194 g/mol. The number of ether oxygens (including phenoxy) is 1. The highest BCUT2D eigenvalue weighted by Gasteiger charge is 2.11. The van der Waals surface area contributed by atoms with Gasteiger partial charge in [-0.05, 0) is 37.0 Å². The van der Waals surface area contributed by atoms with Gasteiger partial charge in [0.05, 0.1) is 6.61 Å². The second kappa shape index (κ2) is 3.62. The zero-order valence-corrected chi connectivity index (χ0v) is 8.68. The number of hydrogen-bond acceptors (Lipinski definition) is 2. The summed E-state index contributed by atoms with van der Waals surface area (Å²) in [6, 6.07) is 6.38. The van der Waals surface area contributed by atoms with Crippen LogP contribution in [0.1, 0.15) is 29.7 Å². The molecule has 1 aliphatic heterocycles. The summed E-state index contributed by atoms with van der Waals surface area (Å²) in [4.78, 5) is 0. The summed E-state index contributed by atoms with van der Waals surface area (Å²) in [7, 11) is 0. The number of thiol groups is 1. The van der Waals surface area contributed by atoms with Crippen molar-refractivity contribution in [3.05, 3.63) is 29.3 Å². The Morgan fingerprint density at radius 2 is 2.31 bits per heavy atom. The fraction of sp³-hybridized carbons (Fsp3) is 0.455. The Bertz CT molecular complexity index is 307. The molecule has 1 aromatic rings. The smallest absolute Gasteiger partial charge is 0.122 e. The Balaban J connectivity index is 2.35. The van der Waals surface area contributed by atoms with Crippen LogP contribution in [0.15, 0.2) is 18.2 Å². The van der Waals surface area contributed by atoms with Crippen LogP contribution < -0.4 is 4.74 Å². The molecule has 0 aromatic heterocycles. The molecule has 1 aromatic carbocycles. The molecule has 0 amide bonds. The van der Waals surface area contributed by atoms with Crippen molar-refractivity contribution >= 4 is 12.6 Å². The van der Waals surface area contributed by atoms with Gasteiger partial charge in [-0.1, -0.05) is 12.1 Å². The largest absolute Gasteiger partial charge is 0.493 e. The summed E-state index contributed by atoms with van der Waals surface area (Å²) in [5.41, 5.74) is 2.62. The van der Waals surface area contributed by atoms with E-state index in [0.29, 0.717) is 5.25 Å². The number of rotatable bonds is 1. The van der Waals surface area contributed by atoms with Crippen molar-refractivity contribution in [1.82, 2.24) is 0 Å². The maximum absolute atomic E-state index is 5.53. The van der Waals surface area contributed by atoms with Crippen molar-refractivity contribution in [2.24, 2.45) is 0 Å². The molecule has 1 unspecified atom stereocenters. The first-order valence-electron chi connectivity index (χ1n) is 4.71. The number of benzene rings is 1. The van der Waals surface area contributed by atoms with Crippen LogP contribution >= 0.6 is 12.6 Å².